The Labute approximate surface area is 122 Å². The van der Waals surface area contributed by atoms with E-state index >= 15 is 0 Å². The lowest BCUT2D eigenvalue weighted by molar-refractivity contribution is -0.137. The lowest BCUT2D eigenvalue weighted by Gasteiger charge is -2.10. The van der Waals surface area contributed by atoms with E-state index < -0.39 is 17.4 Å². The highest BCUT2D eigenvalue weighted by Gasteiger charge is 2.30. The monoisotopic (exact) mass is 308 g/mol. The van der Waals surface area contributed by atoms with Gasteiger partial charge in [0.15, 0.2) is 5.82 Å². The van der Waals surface area contributed by atoms with Gasteiger partial charge >= 0.3 is 11.9 Å². The summed E-state index contributed by atoms with van der Waals surface area (Å²) in [6.45, 7) is 1.63. The fraction of sp³-hybridized carbons (Fsp3) is 0.143. The molecule has 0 atom stereocenters. The number of hydrogen-bond acceptors (Lipinski definition) is 2. The van der Waals surface area contributed by atoms with E-state index in [9.17, 15) is 18.0 Å². The number of benzene rings is 1. The van der Waals surface area contributed by atoms with Crippen LogP contribution in [0.2, 0.25) is 0 Å². The maximum absolute atomic E-state index is 12.8. The molecule has 0 aliphatic rings. The molecule has 2 aromatic heterocycles. The highest BCUT2D eigenvalue weighted by atomic mass is 19.4. The minimum absolute atomic E-state index is 0.145. The molecule has 0 fully saturated rings. The van der Waals surface area contributed by atoms with Crippen molar-refractivity contribution in [3.8, 4) is 17.2 Å². The summed E-state index contributed by atoms with van der Waals surface area (Å²) in [5.41, 5.74) is -0.279. The Kier molecular flexibility index (Phi) is 3.16. The number of hydrogen-bond donors (Lipinski definition) is 2. The topological polar surface area (TPSA) is 66.5 Å². The van der Waals surface area contributed by atoms with E-state index in [1.165, 1.54) is 22.9 Å². The van der Waals surface area contributed by atoms with Crippen molar-refractivity contribution in [2.75, 3.05) is 0 Å². The van der Waals surface area contributed by atoms with E-state index in [2.05, 4.69) is 15.0 Å². The Morgan fingerprint density at radius 1 is 1.27 bits per heavy atom. The fourth-order valence-corrected chi connectivity index (χ4v) is 2.28. The zero-order valence-electron chi connectivity index (χ0n) is 11.4. The average molecular weight is 308 g/mol. The molecule has 0 radical (unpaired) electrons. The summed E-state index contributed by atoms with van der Waals surface area (Å²) in [6, 6.07) is 4.62. The normalized spacial score (nSPS) is 11.8. The lowest BCUT2D eigenvalue weighted by Crippen LogP contribution is -2.16. The van der Waals surface area contributed by atoms with Crippen LogP contribution in [0.5, 0.6) is 0 Å². The number of aromatic amines is 2. The van der Waals surface area contributed by atoms with E-state index in [4.69, 9.17) is 0 Å². The Morgan fingerprint density at radius 2 is 2.05 bits per heavy atom. The van der Waals surface area contributed by atoms with Crippen LogP contribution in [-0.2, 0) is 6.18 Å². The van der Waals surface area contributed by atoms with Crippen LogP contribution in [0, 0.1) is 6.92 Å². The van der Waals surface area contributed by atoms with E-state index in [0.717, 1.165) is 12.1 Å². The molecule has 8 heteroatoms. The summed E-state index contributed by atoms with van der Waals surface area (Å²) in [4.78, 5) is 21.6. The Balaban J connectivity index is 2.16. The standard InChI is InChI=1S/C14H11F3N4O/c1-8-11(12-18-5-6-19-12)20-13(22)21(8)10-4-2-3-9(7-10)14(15,16)17/h2-7H,1H3,(H,18,19)(H,20,22). The van der Waals surface area contributed by atoms with Crippen molar-refractivity contribution >= 4 is 0 Å². The van der Waals surface area contributed by atoms with Crippen LogP contribution in [0.3, 0.4) is 0 Å². The number of nitrogens with one attached hydrogen (secondary N) is 2. The lowest BCUT2D eigenvalue weighted by atomic mass is 10.2. The highest BCUT2D eigenvalue weighted by molar-refractivity contribution is 5.54. The fourth-order valence-electron chi connectivity index (χ4n) is 2.28. The maximum atomic E-state index is 12.8. The molecular formula is C14H11F3N4O. The minimum Gasteiger partial charge on any atom is -0.343 e. The third kappa shape index (κ3) is 2.32. The van der Waals surface area contributed by atoms with Crippen LogP contribution in [0.1, 0.15) is 11.3 Å². The number of halogens is 3. The van der Waals surface area contributed by atoms with Gasteiger partial charge in [0.25, 0.3) is 0 Å². The van der Waals surface area contributed by atoms with Gasteiger partial charge in [-0.2, -0.15) is 13.2 Å². The van der Waals surface area contributed by atoms with Gasteiger partial charge in [0.1, 0.15) is 5.69 Å². The van der Waals surface area contributed by atoms with Crippen molar-refractivity contribution in [3.63, 3.8) is 0 Å². The largest absolute Gasteiger partial charge is 0.416 e. The van der Waals surface area contributed by atoms with Gasteiger partial charge in [-0.25, -0.2) is 9.78 Å². The molecular weight excluding hydrogens is 297 g/mol. The minimum atomic E-state index is -4.46. The number of imidazole rings is 2. The van der Waals surface area contributed by atoms with E-state index in [-0.39, 0.29) is 5.69 Å². The molecule has 0 saturated carbocycles. The van der Waals surface area contributed by atoms with Crippen LogP contribution in [0.4, 0.5) is 13.2 Å². The number of nitrogens with zero attached hydrogens (tertiary/aromatic N) is 2. The molecule has 3 aromatic rings. The molecule has 0 bridgehead atoms. The van der Waals surface area contributed by atoms with E-state index in [1.54, 1.807) is 13.1 Å². The van der Waals surface area contributed by atoms with E-state index in [1.807, 2.05) is 0 Å². The number of alkyl halides is 3. The predicted molar refractivity (Wildman–Crippen MR) is 73.7 cm³/mol. The van der Waals surface area contributed by atoms with Crippen LogP contribution < -0.4 is 5.69 Å². The van der Waals surface area contributed by atoms with Crippen LogP contribution in [0.25, 0.3) is 17.2 Å². The van der Waals surface area contributed by atoms with Gasteiger partial charge in [0.05, 0.1) is 16.9 Å². The SMILES string of the molecule is Cc1c(-c2ncc[nH]2)[nH]c(=O)n1-c1cccc(C(F)(F)F)c1. The molecule has 2 heterocycles. The second-order valence-electron chi connectivity index (χ2n) is 4.71. The third-order valence-corrected chi connectivity index (χ3v) is 3.30. The Morgan fingerprint density at radius 3 is 2.68 bits per heavy atom. The summed E-state index contributed by atoms with van der Waals surface area (Å²) < 4.78 is 39.6. The van der Waals surface area contributed by atoms with Crippen molar-refractivity contribution in [2.45, 2.75) is 13.1 Å². The molecule has 3 rings (SSSR count). The van der Waals surface area contributed by atoms with Crippen molar-refractivity contribution in [3.05, 3.63) is 58.4 Å². The van der Waals surface area contributed by atoms with Gasteiger partial charge in [0.2, 0.25) is 0 Å². The van der Waals surface area contributed by atoms with Gasteiger partial charge in [-0.05, 0) is 25.1 Å². The van der Waals surface area contributed by atoms with Crippen molar-refractivity contribution < 1.29 is 13.2 Å². The Bertz CT molecular complexity index is 859. The van der Waals surface area contributed by atoms with Gasteiger partial charge in [-0.15, -0.1) is 0 Å². The molecule has 0 aliphatic heterocycles. The molecule has 0 spiro atoms. The number of aromatic nitrogens is 4. The summed E-state index contributed by atoms with van der Waals surface area (Å²) in [5.74, 6) is 0.445. The summed E-state index contributed by atoms with van der Waals surface area (Å²) >= 11 is 0. The van der Waals surface area contributed by atoms with Gasteiger partial charge in [-0.3, -0.25) is 4.57 Å². The van der Waals surface area contributed by atoms with Crippen molar-refractivity contribution in [1.82, 2.24) is 19.5 Å². The van der Waals surface area contributed by atoms with Gasteiger partial charge in [-0.1, -0.05) is 6.07 Å². The molecule has 114 valence electrons. The van der Waals surface area contributed by atoms with Crippen molar-refractivity contribution in [2.24, 2.45) is 0 Å². The first-order chi connectivity index (χ1) is 10.4. The zero-order chi connectivity index (χ0) is 15.9. The van der Waals surface area contributed by atoms with Crippen molar-refractivity contribution in [1.29, 1.82) is 0 Å². The summed E-state index contributed by atoms with van der Waals surface area (Å²) in [6.07, 6.45) is -1.35. The highest BCUT2D eigenvalue weighted by Crippen LogP contribution is 2.30. The zero-order valence-corrected chi connectivity index (χ0v) is 11.4. The Hall–Kier alpha value is -2.77. The quantitative estimate of drug-likeness (QED) is 0.764. The third-order valence-electron chi connectivity index (χ3n) is 3.30. The smallest absolute Gasteiger partial charge is 0.343 e. The second-order valence-corrected chi connectivity index (χ2v) is 4.71. The maximum Gasteiger partial charge on any atom is 0.416 e. The first-order valence-corrected chi connectivity index (χ1v) is 6.37. The second kappa shape index (κ2) is 4.90. The van der Waals surface area contributed by atoms with E-state index in [0.29, 0.717) is 17.2 Å². The molecule has 22 heavy (non-hydrogen) atoms. The molecule has 0 unspecified atom stereocenters. The predicted octanol–water partition coefficient (Wildman–Crippen LogP) is 2.88. The first-order valence-electron chi connectivity index (χ1n) is 6.37. The molecule has 2 N–H and O–H groups in total. The molecule has 0 saturated heterocycles. The number of H-pyrrole nitrogens is 2. The van der Waals surface area contributed by atoms with Gasteiger partial charge < -0.3 is 9.97 Å². The average Bonchev–Trinajstić information content (AvgIpc) is 3.06. The van der Waals surface area contributed by atoms with Crippen LogP contribution >= 0.6 is 0 Å². The summed E-state index contributed by atoms with van der Waals surface area (Å²) in [5, 5.41) is 0. The number of rotatable bonds is 2. The van der Waals surface area contributed by atoms with Gasteiger partial charge in [0, 0.05) is 12.4 Å². The van der Waals surface area contributed by atoms with Crippen LogP contribution in [-0.4, -0.2) is 19.5 Å². The molecule has 0 aliphatic carbocycles. The molecule has 5 nitrogen and oxygen atoms in total. The van der Waals surface area contributed by atoms with Crippen LogP contribution in [0.15, 0.2) is 41.5 Å². The molecule has 1 aromatic carbocycles. The summed E-state index contributed by atoms with van der Waals surface area (Å²) in [7, 11) is 0. The first kappa shape index (κ1) is 14.2. The molecule has 0 amide bonds.